The van der Waals surface area contributed by atoms with Gasteiger partial charge < -0.3 is 5.32 Å². The van der Waals surface area contributed by atoms with E-state index in [0.29, 0.717) is 0 Å². The van der Waals surface area contributed by atoms with Gasteiger partial charge in [0, 0.05) is 15.8 Å². The first kappa shape index (κ1) is 10.3. The fraction of sp³-hybridized carbons (Fsp3) is 0.500. The average molecular weight is 301 g/mol. The van der Waals surface area contributed by atoms with Crippen molar-refractivity contribution in [1.82, 2.24) is 0 Å². The highest BCUT2D eigenvalue weighted by atomic mass is 127. The topological polar surface area (TPSA) is 12.0 Å². The summed E-state index contributed by atoms with van der Waals surface area (Å²) in [5, 5.41) is 3.51. The second-order valence-electron chi connectivity index (χ2n) is 4.04. The molecule has 14 heavy (non-hydrogen) atoms. The molecule has 0 aliphatic heterocycles. The highest BCUT2D eigenvalue weighted by molar-refractivity contribution is 14.1. The normalized spacial score (nSPS) is 17.2. The van der Waals surface area contributed by atoms with E-state index < -0.39 is 0 Å². The summed E-state index contributed by atoms with van der Waals surface area (Å²) in [6.45, 7) is 1.15. The Hall–Kier alpha value is -0.250. The zero-order chi connectivity index (χ0) is 9.80. The number of benzene rings is 1. The first-order chi connectivity index (χ1) is 6.84. The van der Waals surface area contributed by atoms with Crippen LogP contribution in [0.15, 0.2) is 24.3 Å². The van der Waals surface area contributed by atoms with Gasteiger partial charge in [0.1, 0.15) is 0 Å². The molecule has 1 aromatic carbocycles. The Labute approximate surface area is 99.4 Å². The fourth-order valence-corrected chi connectivity index (χ4v) is 2.40. The molecule has 0 heterocycles. The first-order valence-electron chi connectivity index (χ1n) is 5.34. The molecule has 0 amide bonds. The molecule has 1 aromatic rings. The number of rotatable bonds is 3. The maximum absolute atomic E-state index is 3.51. The Kier molecular flexibility index (Phi) is 3.67. The van der Waals surface area contributed by atoms with Crippen molar-refractivity contribution in [3.63, 3.8) is 0 Å². The summed E-state index contributed by atoms with van der Waals surface area (Å²) in [6.07, 6.45) is 5.69. The monoisotopic (exact) mass is 301 g/mol. The lowest BCUT2D eigenvalue weighted by atomic mass is 10.1. The van der Waals surface area contributed by atoms with Gasteiger partial charge in [0.05, 0.1) is 0 Å². The predicted octanol–water partition coefficient (Wildman–Crippen LogP) is 3.89. The summed E-state index contributed by atoms with van der Waals surface area (Å²) >= 11 is 2.34. The van der Waals surface area contributed by atoms with Crippen molar-refractivity contribution in [1.29, 1.82) is 0 Å². The molecule has 0 aromatic heterocycles. The molecule has 0 atom stereocenters. The second-order valence-corrected chi connectivity index (χ2v) is 5.28. The van der Waals surface area contributed by atoms with Crippen molar-refractivity contribution in [2.45, 2.75) is 25.7 Å². The van der Waals surface area contributed by atoms with E-state index in [1.54, 1.807) is 0 Å². The lowest BCUT2D eigenvalue weighted by Crippen LogP contribution is -2.10. The molecule has 1 fully saturated rings. The van der Waals surface area contributed by atoms with E-state index in [0.717, 1.165) is 12.5 Å². The van der Waals surface area contributed by atoms with Crippen LogP contribution in [0.3, 0.4) is 0 Å². The van der Waals surface area contributed by atoms with Gasteiger partial charge in [-0.1, -0.05) is 12.8 Å². The van der Waals surface area contributed by atoms with E-state index in [1.165, 1.54) is 34.9 Å². The molecular formula is C12H16IN. The Bertz CT molecular complexity index is 275. The van der Waals surface area contributed by atoms with Gasteiger partial charge in [-0.05, 0) is 65.6 Å². The Balaban J connectivity index is 1.82. The van der Waals surface area contributed by atoms with E-state index in [1.807, 2.05) is 0 Å². The molecule has 1 N–H and O–H groups in total. The van der Waals surface area contributed by atoms with Crippen LogP contribution in [0.4, 0.5) is 5.69 Å². The Morgan fingerprint density at radius 3 is 2.43 bits per heavy atom. The zero-order valence-electron chi connectivity index (χ0n) is 8.30. The molecule has 1 aliphatic carbocycles. The van der Waals surface area contributed by atoms with Gasteiger partial charge in [0.25, 0.3) is 0 Å². The van der Waals surface area contributed by atoms with Crippen molar-refractivity contribution in [3.05, 3.63) is 27.8 Å². The SMILES string of the molecule is Ic1ccc(NCC2CCCC2)cc1. The van der Waals surface area contributed by atoms with Gasteiger partial charge in [-0.15, -0.1) is 0 Å². The van der Waals surface area contributed by atoms with Crippen LogP contribution in [0.25, 0.3) is 0 Å². The number of hydrogen-bond donors (Lipinski definition) is 1. The van der Waals surface area contributed by atoms with Gasteiger partial charge in [-0.25, -0.2) is 0 Å². The first-order valence-corrected chi connectivity index (χ1v) is 6.42. The lowest BCUT2D eigenvalue weighted by Gasteiger charge is -2.11. The van der Waals surface area contributed by atoms with Crippen LogP contribution in [0, 0.1) is 9.49 Å². The molecule has 76 valence electrons. The largest absolute Gasteiger partial charge is 0.385 e. The average Bonchev–Trinajstić information content (AvgIpc) is 2.70. The van der Waals surface area contributed by atoms with Gasteiger partial charge >= 0.3 is 0 Å². The van der Waals surface area contributed by atoms with Gasteiger partial charge in [-0.2, -0.15) is 0 Å². The molecule has 1 saturated carbocycles. The van der Waals surface area contributed by atoms with Gasteiger partial charge in [-0.3, -0.25) is 0 Å². The number of anilines is 1. The van der Waals surface area contributed by atoms with Crippen LogP contribution in [0.1, 0.15) is 25.7 Å². The minimum atomic E-state index is 0.911. The van der Waals surface area contributed by atoms with Crippen molar-refractivity contribution >= 4 is 28.3 Å². The van der Waals surface area contributed by atoms with Crippen LogP contribution in [-0.2, 0) is 0 Å². The summed E-state index contributed by atoms with van der Waals surface area (Å²) in [6, 6.07) is 8.63. The molecule has 0 bridgehead atoms. The maximum atomic E-state index is 3.51. The van der Waals surface area contributed by atoms with Crippen molar-refractivity contribution < 1.29 is 0 Å². The van der Waals surface area contributed by atoms with Crippen LogP contribution in [0.5, 0.6) is 0 Å². The number of hydrogen-bond acceptors (Lipinski definition) is 1. The fourth-order valence-electron chi connectivity index (χ4n) is 2.04. The molecule has 2 rings (SSSR count). The predicted molar refractivity (Wildman–Crippen MR) is 69.6 cm³/mol. The van der Waals surface area contributed by atoms with E-state index in [2.05, 4.69) is 52.2 Å². The van der Waals surface area contributed by atoms with Gasteiger partial charge in [0.2, 0.25) is 0 Å². The highest BCUT2D eigenvalue weighted by Gasteiger charge is 2.13. The van der Waals surface area contributed by atoms with Crippen molar-refractivity contribution in [3.8, 4) is 0 Å². The standard InChI is InChI=1S/C12H16IN/c13-11-5-7-12(8-6-11)14-9-10-3-1-2-4-10/h5-8,10,14H,1-4,9H2. The zero-order valence-corrected chi connectivity index (χ0v) is 10.5. The molecule has 0 radical (unpaired) electrons. The van der Waals surface area contributed by atoms with E-state index in [4.69, 9.17) is 0 Å². The molecule has 2 heteroatoms. The molecule has 1 aliphatic rings. The third-order valence-electron chi connectivity index (χ3n) is 2.91. The molecule has 0 spiro atoms. The number of nitrogens with one attached hydrogen (secondary N) is 1. The number of halogens is 1. The van der Waals surface area contributed by atoms with Crippen molar-refractivity contribution in [2.24, 2.45) is 5.92 Å². The molecule has 0 saturated heterocycles. The minimum absolute atomic E-state index is 0.911. The third kappa shape index (κ3) is 2.87. The summed E-state index contributed by atoms with van der Waals surface area (Å²) in [7, 11) is 0. The second kappa shape index (κ2) is 5.01. The minimum Gasteiger partial charge on any atom is -0.385 e. The highest BCUT2D eigenvalue weighted by Crippen LogP contribution is 2.25. The van der Waals surface area contributed by atoms with Crippen LogP contribution < -0.4 is 5.32 Å². The summed E-state index contributed by atoms with van der Waals surface area (Å²) in [4.78, 5) is 0. The lowest BCUT2D eigenvalue weighted by molar-refractivity contribution is 0.580. The van der Waals surface area contributed by atoms with Crippen molar-refractivity contribution in [2.75, 3.05) is 11.9 Å². The Morgan fingerprint density at radius 1 is 1.14 bits per heavy atom. The maximum Gasteiger partial charge on any atom is 0.0340 e. The molecule has 1 nitrogen and oxygen atoms in total. The van der Waals surface area contributed by atoms with Gasteiger partial charge in [0.15, 0.2) is 0 Å². The summed E-state index contributed by atoms with van der Waals surface area (Å²) < 4.78 is 1.30. The van der Waals surface area contributed by atoms with E-state index >= 15 is 0 Å². The third-order valence-corrected chi connectivity index (χ3v) is 3.63. The van der Waals surface area contributed by atoms with Crippen LogP contribution in [-0.4, -0.2) is 6.54 Å². The Morgan fingerprint density at radius 2 is 1.79 bits per heavy atom. The quantitative estimate of drug-likeness (QED) is 0.835. The summed E-state index contributed by atoms with van der Waals surface area (Å²) in [5.74, 6) is 0.911. The van der Waals surface area contributed by atoms with E-state index in [-0.39, 0.29) is 0 Å². The molecular weight excluding hydrogens is 285 g/mol. The summed E-state index contributed by atoms with van der Waals surface area (Å²) in [5.41, 5.74) is 1.26. The smallest absolute Gasteiger partial charge is 0.0340 e. The van der Waals surface area contributed by atoms with E-state index in [9.17, 15) is 0 Å². The van der Waals surface area contributed by atoms with Crippen LogP contribution >= 0.6 is 22.6 Å². The molecule has 0 unspecified atom stereocenters. The van der Waals surface area contributed by atoms with Crippen LogP contribution in [0.2, 0.25) is 0 Å².